The molecule has 14 rings (SSSR count). The number of benzene rings is 10. The van der Waals surface area contributed by atoms with E-state index in [1.54, 1.807) is 0 Å². The van der Waals surface area contributed by atoms with Crippen LogP contribution in [0.2, 0.25) is 0 Å². The van der Waals surface area contributed by atoms with E-state index < -0.39 is 5.41 Å². The molecule has 0 aromatic heterocycles. The standard InChI is InChI=1S/C66H48N2/c1-68-64-17-9-3-11-48(64)29-30-49-31-33-53(41-65(49)68)45-24-20-43(21-25-45)51-35-37-57-56-36-34-50(38-60(56)66(61(57)39-51)58-14-6-4-12-54(58)55-13-5-7-15-59(55)66)42-18-22-44(23-19-42)52-32-28-47-27-26-46-10-2-8-16-62(46)67-63(47)40-52/h2-25,28,31-41,67H,26-27,29-30H2,1H3. The summed E-state index contributed by atoms with van der Waals surface area (Å²) >= 11 is 0. The van der Waals surface area contributed by atoms with Gasteiger partial charge in [-0.15, -0.1) is 0 Å². The van der Waals surface area contributed by atoms with Gasteiger partial charge in [-0.3, -0.25) is 0 Å². The van der Waals surface area contributed by atoms with Crippen LogP contribution in [-0.4, -0.2) is 7.05 Å². The van der Waals surface area contributed by atoms with Crippen LogP contribution in [0.3, 0.4) is 0 Å². The predicted molar refractivity (Wildman–Crippen MR) is 284 cm³/mol. The van der Waals surface area contributed by atoms with Crippen molar-refractivity contribution in [2.24, 2.45) is 0 Å². The van der Waals surface area contributed by atoms with Gasteiger partial charge in [-0.25, -0.2) is 0 Å². The van der Waals surface area contributed by atoms with Crippen molar-refractivity contribution in [1.29, 1.82) is 0 Å². The normalized spacial score (nSPS) is 14.2. The summed E-state index contributed by atoms with van der Waals surface area (Å²) < 4.78 is 0. The van der Waals surface area contributed by atoms with Crippen LogP contribution in [0.25, 0.3) is 66.8 Å². The van der Waals surface area contributed by atoms with E-state index in [0.717, 1.165) is 25.7 Å². The maximum absolute atomic E-state index is 3.75. The monoisotopic (exact) mass is 868 g/mol. The molecule has 2 heterocycles. The Bertz CT molecular complexity index is 3620. The van der Waals surface area contributed by atoms with Crippen LogP contribution >= 0.6 is 0 Å². The Hall–Kier alpha value is -8.20. The number of rotatable bonds is 4. The van der Waals surface area contributed by atoms with Crippen molar-refractivity contribution in [2.45, 2.75) is 31.1 Å². The summed E-state index contributed by atoms with van der Waals surface area (Å²) in [6.07, 6.45) is 4.20. The third kappa shape index (κ3) is 5.90. The molecule has 0 unspecified atom stereocenters. The van der Waals surface area contributed by atoms with E-state index >= 15 is 0 Å². The van der Waals surface area contributed by atoms with Crippen LogP contribution in [-0.2, 0) is 31.1 Å². The van der Waals surface area contributed by atoms with Gasteiger partial charge in [0.05, 0.1) is 5.41 Å². The number of aryl methyl sites for hydroxylation is 4. The van der Waals surface area contributed by atoms with E-state index in [9.17, 15) is 0 Å². The van der Waals surface area contributed by atoms with Gasteiger partial charge >= 0.3 is 0 Å². The van der Waals surface area contributed by atoms with E-state index in [4.69, 9.17) is 0 Å². The van der Waals surface area contributed by atoms with Crippen molar-refractivity contribution in [3.05, 3.63) is 263 Å². The lowest BCUT2D eigenvalue weighted by atomic mass is 9.70. The van der Waals surface area contributed by atoms with Crippen molar-refractivity contribution in [1.82, 2.24) is 0 Å². The van der Waals surface area contributed by atoms with Gasteiger partial charge in [-0.1, -0.05) is 182 Å². The third-order valence-corrected chi connectivity index (χ3v) is 15.7. The molecule has 1 spiro atoms. The molecule has 0 atom stereocenters. The molecule has 2 aliphatic heterocycles. The average Bonchev–Trinajstić information content (AvgIpc) is 3.71. The molecule has 2 aliphatic carbocycles. The van der Waals surface area contributed by atoms with Crippen LogP contribution in [0.4, 0.5) is 22.7 Å². The Balaban J connectivity index is 0.834. The first kappa shape index (κ1) is 39.0. The molecule has 0 saturated carbocycles. The topological polar surface area (TPSA) is 15.3 Å². The number of hydrogen-bond donors (Lipinski definition) is 1. The Labute approximate surface area is 398 Å². The predicted octanol–water partition coefficient (Wildman–Crippen LogP) is 16.4. The minimum Gasteiger partial charge on any atom is -0.355 e. The summed E-state index contributed by atoms with van der Waals surface area (Å²) in [5, 5.41) is 3.75. The van der Waals surface area contributed by atoms with Gasteiger partial charge in [0.15, 0.2) is 0 Å². The highest BCUT2D eigenvalue weighted by atomic mass is 15.1. The molecular formula is C66H48N2. The SMILES string of the molecule is CN1c2ccccc2CCc2ccc(-c3ccc(-c4ccc5c(c4)C4(c6ccccc6-c6ccccc64)c4cc(-c6ccc(-c7ccc8c(c7)Nc7ccccc7CC8)cc6)ccc4-5)cc3)cc21. The molecule has 2 heteroatoms. The highest BCUT2D eigenvalue weighted by molar-refractivity contribution is 5.97. The van der Waals surface area contributed by atoms with Gasteiger partial charge < -0.3 is 10.2 Å². The minimum atomic E-state index is -0.455. The second-order valence-electron chi connectivity index (χ2n) is 19.2. The summed E-state index contributed by atoms with van der Waals surface area (Å²) in [6.45, 7) is 0. The zero-order valence-electron chi connectivity index (χ0n) is 38.1. The largest absolute Gasteiger partial charge is 0.355 e. The van der Waals surface area contributed by atoms with E-state index in [0.29, 0.717) is 0 Å². The molecule has 10 aromatic carbocycles. The first-order chi connectivity index (χ1) is 33.6. The molecule has 0 bridgehead atoms. The van der Waals surface area contributed by atoms with Crippen LogP contribution < -0.4 is 10.2 Å². The zero-order valence-corrected chi connectivity index (χ0v) is 38.1. The molecule has 4 aliphatic rings. The number of fused-ring (bicyclic) bond motifs is 14. The Morgan fingerprint density at radius 3 is 1.31 bits per heavy atom. The second kappa shape index (κ2) is 15.2. The quantitative estimate of drug-likeness (QED) is 0.190. The van der Waals surface area contributed by atoms with Gasteiger partial charge in [-0.05, 0) is 173 Å². The van der Waals surface area contributed by atoms with Crippen LogP contribution in [0.1, 0.15) is 44.5 Å². The maximum atomic E-state index is 3.75. The molecule has 0 radical (unpaired) electrons. The van der Waals surface area contributed by atoms with Crippen molar-refractivity contribution in [3.8, 4) is 66.8 Å². The summed E-state index contributed by atoms with van der Waals surface area (Å²) in [7, 11) is 2.21. The molecular weight excluding hydrogens is 821 g/mol. The first-order valence-corrected chi connectivity index (χ1v) is 24.2. The molecule has 0 saturated heterocycles. The van der Waals surface area contributed by atoms with E-state index in [-0.39, 0.29) is 0 Å². The lowest BCUT2D eigenvalue weighted by molar-refractivity contribution is 0.794. The van der Waals surface area contributed by atoms with Gasteiger partial charge in [0.1, 0.15) is 0 Å². The summed E-state index contributed by atoms with van der Waals surface area (Å²) in [5.41, 5.74) is 30.6. The number of para-hydroxylation sites is 2. The lowest BCUT2D eigenvalue weighted by Crippen LogP contribution is -2.26. The number of nitrogens with one attached hydrogen (secondary N) is 1. The number of nitrogens with zero attached hydrogens (tertiary/aromatic N) is 1. The van der Waals surface area contributed by atoms with Gasteiger partial charge in [0.2, 0.25) is 0 Å². The van der Waals surface area contributed by atoms with Gasteiger partial charge in [0.25, 0.3) is 0 Å². The molecule has 10 aromatic rings. The number of anilines is 4. The molecule has 0 fully saturated rings. The van der Waals surface area contributed by atoms with Crippen molar-refractivity contribution in [2.75, 3.05) is 17.3 Å². The summed E-state index contributed by atoms with van der Waals surface area (Å²) in [4.78, 5) is 2.38. The number of hydrogen-bond acceptors (Lipinski definition) is 2. The van der Waals surface area contributed by atoms with E-state index in [1.165, 1.54) is 134 Å². The fraction of sp³-hybridized carbons (Fsp3) is 0.0909. The maximum Gasteiger partial charge on any atom is 0.0725 e. The fourth-order valence-corrected chi connectivity index (χ4v) is 12.3. The second-order valence-corrected chi connectivity index (χ2v) is 19.2. The first-order valence-electron chi connectivity index (χ1n) is 24.2. The van der Waals surface area contributed by atoms with Crippen LogP contribution in [0, 0.1) is 0 Å². The molecule has 0 amide bonds. The molecule has 1 N–H and O–H groups in total. The Kier molecular flexibility index (Phi) is 8.70. The van der Waals surface area contributed by atoms with Crippen molar-refractivity contribution < 1.29 is 0 Å². The molecule has 68 heavy (non-hydrogen) atoms. The van der Waals surface area contributed by atoms with E-state index in [1.807, 2.05) is 0 Å². The Morgan fingerprint density at radius 1 is 0.309 bits per heavy atom. The lowest BCUT2D eigenvalue weighted by Gasteiger charge is -2.31. The Morgan fingerprint density at radius 2 is 0.706 bits per heavy atom. The zero-order chi connectivity index (χ0) is 44.9. The fourth-order valence-electron chi connectivity index (χ4n) is 12.3. The van der Waals surface area contributed by atoms with Crippen LogP contribution in [0.5, 0.6) is 0 Å². The smallest absolute Gasteiger partial charge is 0.0725 e. The highest BCUT2D eigenvalue weighted by Gasteiger charge is 2.51. The molecule has 2 nitrogen and oxygen atoms in total. The summed E-state index contributed by atoms with van der Waals surface area (Å²) in [6, 6.07) is 82.6. The highest BCUT2D eigenvalue weighted by Crippen LogP contribution is 2.63. The van der Waals surface area contributed by atoms with Crippen molar-refractivity contribution >= 4 is 22.7 Å². The van der Waals surface area contributed by atoms with Crippen LogP contribution in [0.15, 0.2) is 218 Å². The van der Waals surface area contributed by atoms with Gasteiger partial charge in [0, 0.05) is 29.8 Å². The average molecular weight is 869 g/mol. The minimum absolute atomic E-state index is 0.455. The van der Waals surface area contributed by atoms with Crippen molar-refractivity contribution in [3.63, 3.8) is 0 Å². The molecule has 322 valence electrons. The third-order valence-electron chi connectivity index (χ3n) is 15.7. The van der Waals surface area contributed by atoms with Gasteiger partial charge in [-0.2, -0.15) is 0 Å². The summed E-state index contributed by atoms with van der Waals surface area (Å²) in [5.74, 6) is 0. The van der Waals surface area contributed by atoms with E-state index in [2.05, 4.69) is 236 Å².